The van der Waals surface area contributed by atoms with E-state index in [0.29, 0.717) is 5.92 Å². The molecule has 0 bridgehead atoms. The van der Waals surface area contributed by atoms with Gasteiger partial charge in [0, 0.05) is 6.20 Å². The van der Waals surface area contributed by atoms with Crippen LogP contribution in [-0.4, -0.2) is 4.98 Å². The van der Waals surface area contributed by atoms with Crippen LogP contribution >= 0.6 is 0 Å². The SMILES string of the molecule is C[C@@H](c1ccc(F)nc1)C1CC1. The summed E-state index contributed by atoms with van der Waals surface area (Å²) in [5, 5.41) is 0. The lowest BCUT2D eigenvalue weighted by Gasteiger charge is -2.08. The van der Waals surface area contributed by atoms with Gasteiger partial charge >= 0.3 is 0 Å². The van der Waals surface area contributed by atoms with Crippen LogP contribution in [0.2, 0.25) is 0 Å². The quantitative estimate of drug-likeness (QED) is 0.614. The fraction of sp³-hybridized carbons (Fsp3) is 0.500. The number of halogens is 1. The fourth-order valence-electron chi connectivity index (χ4n) is 1.52. The van der Waals surface area contributed by atoms with Gasteiger partial charge in [-0.15, -0.1) is 0 Å². The van der Waals surface area contributed by atoms with Crippen LogP contribution in [0.15, 0.2) is 18.3 Å². The van der Waals surface area contributed by atoms with E-state index >= 15 is 0 Å². The van der Waals surface area contributed by atoms with E-state index in [1.165, 1.54) is 24.5 Å². The third-order valence-electron chi connectivity index (χ3n) is 2.61. The average molecular weight is 165 g/mol. The summed E-state index contributed by atoms with van der Waals surface area (Å²) in [6.45, 7) is 2.19. The Morgan fingerprint density at radius 1 is 1.50 bits per heavy atom. The van der Waals surface area contributed by atoms with Crippen molar-refractivity contribution in [2.45, 2.75) is 25.7 Å². The predicted molar refractivity (Wildman–Crippen MR) is 45.3 cm³/mol. The largest absolute Gasteiger partial charge is 0.228 e. The topological polar surface area (TPSA) is 12.9 Å². The van der Waals surface area contributed by atoms with Gasteiger partial charge in [0.1, 0.15) is 0 Å². The molecule has 1 aromatic heterocycles. The monoisotopic (exact) mass is 165 g/mol. The minimum absolute atomic E-state index is 0.387. The van der Waals surface area contributed by atoms with Crippen molar-refractivity contribution < 1.29 is 4.39 Å². The van der Waals surface area contributed by atoms with Gasteiger partial charge in [-0.1, -0.05) is 13.0 Å². The van der Waals surface area contributed by atoms with E-state index in [2.05, 4.69) is 11.9 Å². The highest BCUT2D eigenvalue weighted by Gasteiger charge is 2.28. The summed E-state index contributed by atoms with van der Waals surface area (Å²) in [5.74, 6) is 0.983. The molecule has 1 aromatic rings. The predicted octanol–water partition coefficient (Wildman–Crippen LogP) is 2.73. The number of aromatic nitrogens is 1. The highest BCUT2D eigenvalue weighted by atomic mass is 19.1. The van der Waals surface area contributed by atoms with E-state index < -0.39 is 0 Å². The molecular formula is C10H12FN. The molecule has 0 unspecified atom stereocenters. The van der Waals surface area contributed by atoms with Gasteiger partial charge in [-0.3, -0.25) is 0 Å². The third kappa shape index (κ3) is 1.47. The lowest BCUT2D eigenvalue weighted by Crippen LogP contribution is -1.96. The van der Waals surface area contributed by atoms with Crippen molar-refractivity contribution in [3.05, 3.63) is 29.8 Å². The van der Waals surface area contributed by atoms with E-state index in [1.807, 2.05) is 6.07 Å². The van der Waals surface area contributed by atoms with Crippen LogP contribution in [0.25, 0.3) is 0 Å². The van der Waals surface area contributed by atoms with Crippen molar-refractivity contribution >= 4 is 0 Å². The summed E-state index contributed by atoms with van der Waals surface area (Å²) in [5.41, 5.74) is 1.17. The van der Waals surface area contributed by atoms with Crippen molar-refractivity contribution in [2.75, 3.05) is 0 Å². The molecule has 2 heteroatoms. The third-order valence-corrected chi connectivity index (χ3v) is 2.61. The van der Waals surface area contributed by atoms with E-state index in [4.69, 9.17) is 0 Å². The van der Waals surface area contributed by atoms with Crippen LogP contribution in [-0.2, 0) is 0 Å². The summed E-state index contributed by atoms with van der Waals surface area (Å²) >= 11 is 0. The van der Waals surface area contributed by atoms with Gasteiger partial charge in [-0.25, -0.2) is 4.98 Å². The molecule has 1 heterocycles. The van der Waals surface area contributed by atoms with Crippen LogP contribution in [0.5, 0.6) is 0 Å². The van der Waals surface area contributed by atoms with Crippen molar-refractivity contribution in [3.8, 4) is 0 Å². The average Bonchev–Trinajstić information content (AvgIpc) is 2.87. The molecule has 0 amide bonds. The summed E-state index contributed by atoms with van der Waals surface area (Å²) in [6, 6.07) is 3.28. The first kappa shape index (κ1) is 7.71. The standard InChI is InChI=1S/C10H12FN/c1-7(8-2-3-8)9-4-5-10(11)12-6-9/h4-8H,2-3H2,1H3/t7-/m1/s1. The Hall–Kier alpha value is -0.920. The molecule has 0 radical (unpaired) electrons. The second-order valence-corrected chi connectivity index (χ2v) is 3.54. The van der Waals surface area contributed by atoms with E-state index in [9.17, 15) is 4.39 Å². The molecule has 1 aliphatic rings. The lowest BCUT2D eigenvalue weighted by molar-refractivity contribution is 0.576. The van der Waals surface area contributed by atoms with Gasteiger partial charge in [0.25, 0.3) is 0 Å². The lowest BCUT2D eigenvalue weighted by atomic mass is 9.98. The first-order valence-corrected chi connectivity index (χ1v) is 4.39. The second kappa shape index (κ2) is 2.85. The van der Waals surface area contributed by atoms with Gasteiger partial charge in [0.05, 0.1) is 0 Å². The number of rotatable bonds is 2. The minimum atomic E-state index is -0.387. The zero-order chi connectivity index (χ0) is 8.55. The van der Waals surface area contributed by atoms with Gasteiger partial charge in [-0.05, 0) is 36.3 Å². The van der Waals surface area contributed by atoms with Crippen LogP contribution in [0.3, 0.4) is 0 Å². The Morgan fingerprint density at radius 3 is 2.75 bits per heavy atom. The Bertz CT molecular complexity index is 264. The molecule has 1 aliphatic carbocycles. The maximum atomic E-state index is 12.5. The minimum Gasteiger partial charge on any atom is -0.228 e. The van der Waals surface area contributed by atoms with E-state index in [1.54, 1.807) is 6.20 Å². The molecular weight excluding hydrogens is 153 g/mol. The molecule has 1 atom stereocenters. The first-order chi connectivity index (χ1) is 5.77. The van der Waals surface area contributed by atoms with Crippen LogP contribution < -0.4 is 0 Å². The van der Waals surface area contributed by atoms with Crippen molar-refractivity contribution in [3.63, 3.8) is 0 Å². The maximum Gasteiger partial charge on any atom is 0.212 e. The van der Waals surface area contributed by atoms with Crippen LogP contribution in [0.1, 0.15) is 31.2 Å². The molecule has 0 spiro atoms. The highest BCUT2D eigenvalue weighted by Crippen LogP contribution is 2.41. The van der Waals surface area contributed by atoms with Crippen LogP contribution in [0, 0.1) is 11.9 Å². The molecule has 1 saturated carbocycles. The van der Waals surface area contributed by atoms with Crippen molar-refractivity contribution in [1.82, 2.24) is 4.98 Å². The molecule has 1 nitrogen and oxygen atoms in total. The van der Waals surface area contributed by atoms with Crippen molar-refractivity contribution in [2.24, 2.45) is 5.92 Å². The number of nitrogens with zero attached hydrogens (tertiary/aromatic N) is 1. The Morgan fingerprint density at radius 2 is 2.25 bits per heavy atom. The van der Waals surface area contributed by atoms with E-state index in [-0.39, 0.29) is 5.95 Å². The Balaban J connectivity index is 2.16. The first-order valence-electron chi connectivity index (χ1n) is 4.39. The summed E-state index contributed by atoms with van der Waals surface area (Å²) in [7, 11) is 0. The van der Waals surface area contributed by atoms with Gasteiger partial charge in [-0.2, -0.15) is 4.39 Å². The highest BCUT2D eigenvalue weighted by molar-refractivity contribution is 5.16. The van der Waals surface area contributed by atoms with Crippen LogP contribution in [0.4, 0.5) is 4.39 Å². The molecule has 0 aromatic carbocycles. The molecule has 1 fully saturated rings. The summed E-state index contributed by atoms with van der Waals surface area (Å²) in [4.78, 5) is 3.64. The number of hydrogen-bond donors (Lipinski definition) is 0. The van der Waals surface area contributed by atoms with E-state index in [0.717, 1.165) is 5.92 Å². The molecule has 64 valence electrons. The van der Waals surface area contributed by atoms with Gasteiger partial charge in [0.15, 0.2) is 0 Å². The molecule has 0 saturated heterocycles. The number of pyridine rings is 1. The van der Waals surface area contributed by atoms with Gasteiger partial charge < -0.3 is 0 Å². The second-order valence-electron chi connectivity index (χ2n) is 3.54. The zero-order valence-corrected chi connectivity index (χ0v) is 7.13. The Kier molecular flexibility index (Phi) is 1.83. The van der Waals surface area contributed by atoms with Gasteiger partial charge in [0.2, 0.25) is 5.95 Å². The molecule has 12 heavy (non-hydrogen) atoms. The molecule has 2 rings (SSSR count). The Labute approximate surface area is 71.6 Å². The number of hydrogen-bond acceptors (Lipinski definition) is 1. The summed E-state index contributed by atoms with van der Waals surface area (Å²) in [6.07, 6.45) is 4.29. The molecule has 0 N–H and O–H groups in total. The maximum absolute atomic E-state index is 12.5. The fourth-order valence-corrected chi connectivity index (χ4v) is 1.52. The summed E-state index contributed by atoms with van der Waals surface area (Å²) < 4.78 is 12.5. The normalized spacial score (nSPS) is 19.2. The van der Waals surface area contributed by atoms with Crippen molar-refractivity contribution in [1.29, 1.82) is 0 Å². The smallest absolute Gasteiger partial charge is 0.212 e. The molecule has 0 aliphatic heterocycles. The zero-order valence-electron chi connectivity index (χ0n) is 7.13.